The number of amides is 1. The average Bonchev–Trinajstić information content (AvgIpc) is 2.51. The molecule has 0 saturated carbocycles. The van der Waals surface area contributed by atoms with Crippen molar-refractivity contribution in [1.82, 2.24) is 10.2 Å². The zero-order valence-electron chi connectivity index (χ0n) is 12.8. The third-order valence-corrected chi connectivity index (χ3v) is 3.98. The maximum Gasteiger partial charge on any atom is 0.224 e. The summed E-state index contributed by atoms with van der Waals surface area (Å²) in [5, 5.41) is 3.30. The van der Waals surface area contributed by atoms with Crippen molar-refractivity contribution in [2.45, 2.75) is 18.6 Å². The molecule has 0 spiro atoms. The van der Waals surface area contributed by atoms with Crippen molar-refractivity contribution in [3.63, 3.8) is 0 Å². The van der Waals surface area contributed by atoms with E-state index in [-0.39, 0.29) is 18.1 Å². The van der Waals surface area contributed by atoms with Crippen molar-refractivity contribution < 1.29 is 19.0 Å². The van der Waals surface area contributed by atoms with Gasteiger partial charge in [-0.2, -0.15) is 0 Å². The second-order valence-electron chi connectivity index (χ2n) is 5.62. The number of hydrogen-bond acceptors (Lipinski definition) is 5. The summed E-state index contributed by atoms with van der Waals surface area (Å²) in [4.78, 5) is 14.0. The SMILES string of the molecule is COc1ccccc1OC1CN(C(=O)CC2COCCN2)C1. The standard InChI is InChI=1S/C16H22N2O4/c1-20-14-4-2-3-5-15(14)22-13-9-18(10-13)16(19)8-12-11-21-7-6-17-12/h2-5,12-13,17H,6-11H2,1H3. The van der Waals surface area contributed by atoms with Crippen LogP contribution in [0.3, 0.4) is 0 Å². The lowest BCUT2D eigenvalue weighted by Gasteiger charge is -2.40. The van der Waals surface area contributed by atoms with E-state index in [0.29, 0.717) is 26.1 Å². The summed E-state index contributed by atoms with van der Waals surface area (Å²) in [5.41, 5.74) is 0. The maximum absolute atomic E-state index is 12.2. The van der Waals surface area contributed by atoms with Crippen LogP contribution in [0, 0.1) is 0 Å². The van der Waals surface area contributed by atoms with Crippen molar-refractivity contribution in [2.75, 3.05) is 40.0 Å². The van der Waals surface area contributed by atoms with Crippen LogP contribution in [0.15, 0.2) is 24.3 Å². The van der Waals surface area contributed by atoms with E-state index in [1.807, 2.05) is 29.2 Å². The molecule has 0 aliphatic carbocycles. The van der Waals surface area contributed by atoms with Gasteiger partial charge < -0.3 is 24.4 Å². The van der Waals surface area contributed by atoms with Gasteiger partial charge in [-0.05, 0) is 12.1 Å². The molecule has 2 saturated heterocycles. The smallest absolute Gasteiger partial charge is 0.224 e. The van der Waals surface area contributed by atoms with E-state index >= 15 is 0 Å². The maximum atomic E-state index is 12.2. The van der Waals surface area contributed by atoms with Crippen LogP contribution in [0.2, 0.25) is 0 Å². The van der Waals surface area contributed by atoms with Crippen molar-refractivity contribution in [2.24, 2.45) is 0 Å². The first kappa shape index (κ1) is 15.1. The monoisotopic (exact) mass is 306 g/mol. The van der Waals surface area contributed by atoms with E-state index in [1.165, 1.54) is 0 Å². The number of carbonyl (C=O) groups excluding carboxylic acids is 1. The Morgan fingerprint density at radius 1 is 1.36 bits per heavy atom. The Balaban J connectivity index is 1.44. The summed E-state index contributed by atoms with van der Waals surface area (Å²) in [5.74, 6) is 1.60. The van der Waals surface area contributed by atoms with Crippen LogP contribution in [0.4, 0.5) is 0 Å². The largest absolute Gasteiger partial charge is 0.493 e. The third kappa shape index (κ3) is 3.51. The first-order valence-corrected chi connectivity index (χ1v) is 7.65. The first-order valence-electron chi connectivity index (χ1n) is 7.65. The highest BCUT2D eigenvalue weighted by Crippen LogP contribution is 2.28. The van der Waals surface area contributed by atoms with Crippen LogP contribution in [0.5, 0.6) is 11.5 Å². The molecule has 120 valence electrons. The summed E-state index contributed by atoms with van der Waals surface area (Å²) in [6.07, 6.45) is 0.525. The molecule has 0 radical (unpaired) electrons. The van der Waals surface area contributed by atoms with E-state index in [2.05, 4.69) is 5.32 Å². The van der Waals surface area contributed by atoms with Crippen LogP contribution in [0.1, 0.15) is 6.42 Å². The van der Waals surface area contributed by atoms with Gasteiger partial charge in [-0.15, -0.1) is 0 Å². The number of para-hydroxylation sites is 2. The van der Waals surface area contributed by atoms with Crippen LogP contribution < -0.4 is 14.8 Å². The summed E-state index contributed by atoms with van der Waals surface area (Å²) in [6.45, 7) is 3.41. The van der Waals surface area contributed by atoms with Crippen molar-refractivity contribution in [3.05, 3.63) is 24.3 Å². The minimum Gasteiger partial charge on any atom is -0.493 e. The number of benzene rings is 1. The van der Waals surface area contributed by atoms with Gasteiger partial charge in [0.05, 0.1) is 33.4 Å². The Bertz CT molecular complexity index is 511. The Labute approximate surface area is 130 Å². The third-order valence-electron chi connectivity index (χ3n) is 3.98. The lowest BCUT2D eigenvalue weighted by atomic mass is 10.1. The summed E-state index contributed by atoms with van der Waals surface area (Å²) < 4.78 is 16.5. The fraction of sp³-hybridized carbons (Fsp3) is 0.562. The van der Waals surface area contributed by atoms with Gasteiger partial charge in [0.25, 0.3) is 0 Å². The van der Waals surface area contributed by atoms with Gasteiger partial charge >= 0.3 is 0 Å². The normalized spacial score (nSPS) is 22.0. The molecule has 1 aromatic rings. The van der Waals surface area contributed by atoms with Crippen LogP contribution in [0.25, 0.3) is 0 Å². The average molecular weight is 306 g/mol. The highest BCUT2D eigenvalue weighted by Gasteiger charge is 2.33. The van der Waals surface area contributed by atoms with Gasteiger partial charge in [0.1, 0.15) is 6.10 Å². The molecule has 0 bridgehead atoms. The first-order chi connectivity index (χ1) is 10.8. The molecule has 2 fully saturated rings. The Morgan fingerprint density at radius 3 is 2.82 bits per heavy atom. The van der Waals surface area contributed by atoms with E-state index in [0.717, 1.165) is 24.7 Å². The zero-order valence-corrected chi connectivity index (χ0v) is 12.8. The molecular weight excluding hydrogens is 284 g/mol. The fourth-order valence-corrected chi connectivity index (χ4v) is 2.70. The van der Waals surface area contributed by atoms with Gasteiger partial charge in [0.2, 0.25) is 5.91 Å². The van der Waals surface area contributed by atoms with E-state index in [1.54, 1.807) is 7.11 Å². The van der Waals surface area contributed by atoms with Crippen molar-refractivity contribution in [3.8, 4) is 11.5 Å². The number of methoxy groups -OCH3 is 1. The molecular formula is C16H22N2O4. The highest BCUT2D eigenvalue weighted by molar-refractivity contribution is 5.77. The molecule has 0 aromatic heterocycles. The van der Waals surface area contributed by atoms with E-state index in [9.17, 15) is 4.79 Å². The summed E-state index contributed by atoms with van der Waals surface area (Å²) in [7, 11) is 1.62. The molecule has 1 amide bonds. The predicted molar refractivity (Wildman–Crippen MR) is 81.2 cm³/mol. The molecule has 2 aliphatic rings. The minimum atomic E-state index is 0.0378. The lowest BCUT2D eigenvalue weighted by molar-refractivity contribution is -0.141. The topological polar surface area (TPSA) is 60.0 Å². The van der Waals surface area contributed by atoms with Gasteiger partial charge in [0, 0.05) is 19.0 Å². The van der Waals surface area contributed by atoms with Crippen LogP contribution in [-0.4, -0.2) is 62.9 Å². The van der Waals surface area contributed by atoms with Crippen LogP contribution in [-0.2, 0) is 9.53 Å². The quantitative estimate of drug-likeness (QED) is 0.866. The molecule has 2 aliphatic heterocycles. The number of nitrogens with one attached hydrogen (secondary N) is 1. The Morgan fingerprint density at radius 2 is 2.14 bits per heavy atom. The minimum absolute atomic E-state index is 0.0378. The number of rotatable bonds is 5. The molecule has 6 heteroatoms. The molecule has 1 unspecified atom stereocenters. The number of carbonyl (C=O) groups is 1. The van der Waals surface area contributed by atoms with Gasteiger partial charge in [-0.1, -0.05) is 12.1 Å². The van der Waals surface area contributed by atoms with E-state index in [4.69, 9.17) is 14.2 Å². The molecule has 1 N–H and O–H groups in total. The zero-order chi connectivity index (χ0) is 15.4. The highest BCUT2D eigenvalue weighted by atomic mass is 16.5. The second-order valence-corrected chi connectivity index (χ2v) is 5.62. The molecule has 1 atom stereocenters. The number of nitrogens with zero attached hydrogens (tertiary/aromatic N) is 1. The Kier molecular flexibility index (Phi) is 4.80. The fourth-order valence-electron chi connectivity index (χ4n) is 2.70. The molecule has 22 heavy (non-hydrogen) atoms. The van der Waals surface area contributed by atoms with Crippen LogP contribution >= 0.6 is 0 Å². The van der Waals surface area contributed by atoms with Crippen molar-refractivity contribution >= 4 is 5.91 Å². The Hall–Kier alpha value is -1.79. The number of morpholine rings is 1. The molecule has 1 aromatic carbocycles. The van der Waals surface area contributed by atoms with Gasteiger partial charge in [0.15, 0.2) is 11.5 Å². The van der Waals surface area contributed by atoms with Gasteiger partial charge in [-0.25, -0.2) is 0 Å². The van der Waals surface area contributed by atoms with E-state index < -0.39 is 0 Å². The molecule has 6 nitrogen and oxygen atoms in total. The molecule has 2 heterocycles. The number of ether oxygens (including phenoxy) is 3. The number of hydrogen-bond donors (Lipinski definition) is 1. The predicted octanol–water partition coefficient (Wildman–Crippen LogP) is 0.663. The lowest BCUT2D eigenvalue weighted by Crippen LogP contribution is -2.57. The summed E-state index contributed by atoms with van der Waals surface area (Å²) in [6, 6.07) is 7.70. The molecule has 3 rings (SSSR count). The van der Waals surface area contributed by atoms with Gasteiger partial charge in [-0.3, -0.25) is 4.79 Å². The second kappa shape index (κ2) is 6.98. The number of likely N-dealkylation sites (tertiary alicyclic amines) is 1. The van der Waals surface area contributed by atoms with Crippen molar-refractivity contribution in [1.29, 1.82) is 0 Å². The summed E-state index contributed by atoms with van der Waals surface area (Å²) >= 11 is 0.